The molecule has 0 amide bonds. The molecule has 1 heterocycles. The van der Waals surface area contributed by atoms with E-state index in [1.807, 2.05) is 30.3 Å². The van der Waals surface area contributed by atoms with E-state index >= 15 is 0 Å². The first-order valence-electron chi connectivity index (χ1n) is 6.62. The monoisotopic (exact) mass is 245 g/mol. The summed E-state index contributed by atoms with van der Waals surface area (Å²) in [4.78, 5) is 17.1. The van der Waals surface area contributed by atoms with E-state index in [4.69, 9.17) is 4.84 Å². The van der Waals surface area contributed by atoms with Crippen molar-refractivity contribution in [2.75, 3.05) is 0 Å². The predicted molar refractivity (Wildman–Crippen MR) is 71.6 cm³/mol. The van der Waals surface area contributed by atoms with Crippen molar-refractivity contribution >= 4 is 11.5 Å². The molecule has 2 rings (SSSR count). The Morgan fingerprint density at radius 1 is 1.33 bits per heavy atom. The molecule has 0 N–H and O–H groups in total. The second kappa shape index (κ2) is 6.34. The molecule has 3 heteroatoms. The molecule has 1 aliphatic heterocycles. The molecule has 1 aliphatic rings. The Labute approximate surface area is 108 Å². The van der Waals surface area contributed by atoms with Gasteiger partial charge < -0.3 is 4.84 Å². The van der Waals surface area contributed by atoms with E-state index in [-0.39, 0.29) is 11.9 Å². The lowest BCUT2D eigenvalue weighted by Gasteiger charge is -2.06. The molecule has 0 aromatic heterocycles. The van der Waals surface area contributed by atoms with Gasteiger partial charge in [-0.15, -0.1) is 0 Å². The van der Waals surface area contributed by atoms with Crippen molar-refractivity contribution in [3.05, 3.63) is 35.9 Å². The summed E-state index contributed by atoms with van der Waals surface area (Å²) in [7, 11) is 0. The maximum absolute atomic E-state index is 11.9. The van der Waals surface area contributed by atoms with E-state index in [1.54, 1.807) is 0 Å². The van der Waals surface area contributed by atoms with Gasteiger partial charge >= 0.3 is 0 Å². The zero-order valence-corrected chi connectivity index (χ0v) is 10.8. The lowest BCUT2D eigenvalue weighted by atomic mass is 10.0. The van der Waals surface area contributed by atoms with Crippen molar-refractivity contribution < 1.29 is 9.63 Å². The molecule has 0 spiro atoms. The Kier molecular flexibility index (Phi) is 4.51. The molecule has 1 atom stereocenters. The van der Waals surface area contributed by atoms with Crippen molar-refractivity contribution in [1.82, 2.24) is 0 Å². The van der Waals surface area contributed by atoms with Crippen LogP contribution >= 0.6 is 0 Å². The molecule has 3 nitrogen and oxygen atoms in total. The van der Waals surface area contributed by atoms with Gasteiger partial charge in [0.25, 0.3) is 0 Å². The van der Waals surface area contributed by atoms with Gasteiger partial charge in [-0.25, -0.2) is 0 Å². The highest BCUT2D eigenvalue weighted by atomic mass is 16.6. The molecule has 1 aromatic rings. The van der Waals surface area contributed by atoms with E-state index < -0.39 is 0 Å². The third-order valence-electron chi connectivity index (χ3n) is 3.16. The largest absolute Gasteiger partial charge is 0.384 e. The summed E-state index contributed by atoms with van der Waals surface area (Å²) >= 11 is 0. The van der Waals surface area contributed by atoms with Gasteiger partial charge in [0, 0.05) is 12.8 Å². The fraction of sp³-hybridized carbons (Fsp3) is 0.467. The topological polar surface area (TPSA) is 38.7 Å². The van der Waals surface area contributed by atoms with Gasteiger partial charge in [-0.2, -0.15) is 0 Å². The number of benzene rings is 1. The highest BCUT2D eigenvalue weighted by Crippen LogP contribution is 2.19. The summed E-state index contributed by atoms with van der Waals surface area (Å²) in [6.07, 6.45) is 4.04. The molecule has 0 aliphatic carbocycles. The summed E-state index contributed by atoms with van der Waals surface area (Å²) in [6, 6.07) is 9.88. The average molecular weight is 245 g/mol. The van der Waals surface area contributed by atoms with Gasteiger partial charge in [0.1, 0.15) is 0 Å². The number of unbranched alkanes of at least 4 members (excludes halogenated alkanes) is 2. The summed E-state index contributed by atoms with van der Waals surface area (Å²) in [6.45, 7) is 2.13. The van der Waals surface area contributed by atoms with Gasteiger partial charge in [0.15, 0.2) is 11.9 Å². The second-order valence-electron chi connectivity index (χ2n) is 4.63. The Morgan fingerprint density at radius 2 is 2.11 bits per heavy atom. The second-order valence-corrected chi connectivity index (χ2v) is 4.63. The molecule has 18 heavy (non-hydrogen) atoms. The molecule has 0 fully saturated rings. The average Bonchev–Trinajstić information content (AvgIpc) is 2.89. The molecule has 0 saturated carbocycles. The minimum absolute atomic E-state index is 0.179. The summed E-state index contributed by atoms with van der Waals surface area (Å²) < 4.78 is 0. The standard InChI is InChI=1S/C15H19NO2/c1-2-3-5-10-14(17)15-11-13(16-18-15)12-8-6-4-7-9-12/h4,6-9,15H,2-3,5,10-11H2,1H3. The highest BCUT2D eigenvalue weighted by Gasteiger charge is 2.27. The Hall–Kier alpha value is -1.64. The maximum Gasteiger partial charge on any atom is 0.190 e. The molecule has 96 valence electrons. The van der Waals surface area contributed by atoms with E-state index in [1.165, 1.54) is 0 Å². The first kappa shape index (κ1) is 12.8. The summed E-state index contributed by atoms with van der Waals surface area (Å²) in [5, 5.41) is 4.03. The minimum atomic E-state index is -0.364. The van der Waals surface area contributed by atoms with Crippen molar-refractivity contribution in [1.29, 1.82) is 0 Å². The number of hydrogen-bond acceptors (Lipinski definition) is 3. The highest BCUT2D eigenvalue weighted by molar-refractivity contribution is 6.04. The first-order valence-corrected chi connectivity index (χ1v) is 6.62. The number of carbonyl (C=O) groups excluding carboxylic acids is 1. The quantitative estimate of drug-likeness (QED) is 0.721. The van der Waals surface area contributed by atoms with Gasteiger partial charge in [-0.1, -0.05) is 55.3 Å². The summed E-state index contributed by atoms with van der Waals surface area (Å²) in [5.41, 5.74) is 1.92. The van der Waals surface area contributed by atoms with Crippen LogP contribution in [0.25, 0.3) is 0 Å². The Balaban J connectivity index is 1.86. The number of Topliss-reactive ketones (excluding diaryl/α,β-unsaturated/α-hetero) is 1. The van der Waals surface area contributed by atoms with Crippen LogP contribution in [0.5, 0.6) is 0 Å². The molecule has 1 aromatic carbocycles. The van der Waals surface area contributed by atoms with Crippen LogP contribution in [0, 0.1) is 0 Å². The zero-order chi connectivity index (χ0) is 12.8. The normalized spacial score (nSPS) is 18.3. The number of ketones is 1. The van der Waals surface area contributed by atoms with Crippen LogP contribution in [0.2, 0.25) is 0 Å². The van der Waals surface area contributed by atoms with Crippen molar-refractivity contribution in [3.63, 3.8) is 0 Å². The predicted octanol–water partition coefficient (Wildman–Crippen LogP) is 3.33. The van der Waals surface area contributed by atoms with Crippen LogP contribution in [0.4, 0.5) is 0 Å². The fourth-order valence-electron chi connectivity index (χ4n) is 2.06. The van der Waals surface area contributed by atoms with Gasteiger partial charge in [-0.3, -0.25) is 4.79 Å². The maximum atomic E-state index is 11.9. The van der Waals surface area contributed by atoms with Crippen LogP contribution in [-0.4, -0.2) is 17.6 Å². The van der Waals surface area contributed by atoms with Crippen LogP contribution in [0.15, 0.2) is 35.5 Å². The lowest BCUT2D eigenvalue weighted by molar-refractivity contribution is -0.129. The van der Waals surface area contributed by atoms with Gasteiger partial charge in [0.2, 0.25) is 0 Å². The number of rotatable bonds is 6. The zero-order valence-electron chi connectivity index (χ0n) is 10.8. The van der Waals surface area contributed by atoms with Gasteiger partial charge in [0.05, 0.1) is 5.71 Å². The third kappa shape index (κ3) is 3.19. The molecule has 1 unspecified atom stereocenters. The smallest absolute Gasteiger partial charge is 0.190 e. The van der Waals surface area contributed by atoms with E-state index in [2.05, 4.69) is 12.1 Å². The van der Waals surface area contributed by atoms with Crippen LogP contribution in [-0.2, 0) is 9.63 Å². The number of nitrogens with zero attached hydrogens (tertiary/aromatic N) is 1. The number of oxime groups is 1. The van der Waals surface area contributed by atoms with Crippen molar-refractivity contribution in [2.24, 2.45) is 5.16 Å². The van der Waals surface area contributed by atoms with E-state index in [0.717, 1.165) is 30.5 Å². The molecular weight excluding hydrogens is 226 g/mol. The van der Waals surface area contributed by atoms with Gasteiger partial charge in [-0.05, 0) is 12.0 Å². The first-order chi connectivity index (χ1) is 8.81. The van der Waals surface area contributed by atoms with Crippen LogP contribution in [0.3, 0.4) is 0 Å². The van der Waals surface area contributed by atoms with Crippen LogP contribution in [0.1, 0.15) is 44.6 Å². The van der Waals surface area contributed by atoms with Crippen LogP contribution < -0.4 is 0 Å². The number of hydrogen-bond donors (Lipinski definition) is 0. The Bertz CT molecular complexity index is 425. The lowest BCUT2D eigenvalue weighted by Crippen LogP contribution is -2.20. The molecule has 0 radical (unpaired) electrons. The molecule has 0 bridgehead atoms. The molecule has 0 saturated heterocycles. The molecular formula is C15H19NO2. The third-order valence-corrected chi connectivity index (χ3v) is 3.16. The van der Waals surface area contributed by atoms with E-state index in [0.29, 0.717) is 12.8 Å². The summed E-state index contributed by atoms with van der Waals surface area (Å²) in [5.74, 6) is 0.179. The number of carbonyl (C=O) groups is 1. The SMILES string of the molecule is CCCCCC(=O)C1CC(c2ccccc2)=NO1. The van der Waals surface area contributed by atoms with E-state index in [9.17, 15) is 4.79 Å². The Morgan fingerprint density at radius 3 is 2.83 bits per heavy atom. The van der Waals surface area contributed by atoms with Crippen molar-refractivity contribution in [3.8, 4) is 0 Å². The minimum Gasteiger partial charge on any atom is -0.384 e. The fourth-order valence-corrected chi connectivity index (χ4v) is 2.06. The van der Waals surface area contributed by atoms with Crippen molar-refractivity contribution in [2.45, 2.75) is 45.1 Å².